The Bertz CT molecular complexity index is 642. The van der Waals surface area contributed by atoms with Gasteiger partial charge in [0.25, 0.3) is 0 Å². The number of hydrogen-bond donors (Lipinski definition) is 2. The summed E-state index contributed by atoms with van der Waals surface area (Å²) in [7, 11) is 0. The highest BCUT2D eigenvalue weighted by molar-refractivity contribution is 8.03. The third kappa shape index (κ3) is 5.27. The van der Waals surface area contributed by atoms with Gasteiger partial charge in [0.05, 0.1) is 11.9 Å². The van der Waals surface area contributed by atoms with Gasteiger partial charge in [0, 0.05) is 18.3 Å². The van der Waals surface area contributed by atoms with Gasteiger partial charge in [-0.15, -0.1) is 11.8 Å². The Morgan fingerprint density at radius 1 is 1.09 bits per heavy atom. The van der Waals surface area contributed by atoms with Crippen LogP contribution in [0.15, 0.2) is 71.2 Å². The second-order valence-corrected chi connectivity index (χ2v) is 6.69. The molecule has 2 aromatic rings. The fraction of sp³-hybridized carbons (Fsp3) is 0.211. The van der Waals surface area contributed by atoms with E-state index in [4.69, 9.17) is 0 Å². The molecule has 0 aliphatic carbocycles. The molecule has 1 aliphatic rings. The van der Waals surface area contributed by atoms with Crippen molar-refractivity contribution in [2.75, 3.05) is 12.0 Å². The molecule has 0 bridgehead atoms. The minimum atomic E-state index is 0.697. The van der Waals surface area contributed by atoms with Crippen LogP contribution in [0.1, 0.15) is 17.5 Å². The maximum absolute atomic E-state index is 4.26. The summed E-state index contributed by atoms with van der Waals surface area (Å²) >= 11 is 1.92. The monoisotopic (exact) mass is 323 g/mol. The number of allylic oxidation sites excluding steroid dienone is 1. The average molecular weight is 323 g/mol. The highest BCUT2D eigenvalue weighted by atomic mass is 32.2. The van der Waals surface area contributed by atoms with Crippen LogP contribution >= 0.6 is 11.8 Å². The number of anilines is 1. The first kappa shape index (κ1) is 15.8. The van der Waals surface area contributed by atoms with E-state index in [0.717, 1.165) is 24.3 Å². The number of nitrogens with one attached hydrogen (secondary N) is 2. The van der Waals surface area contributed by atoms with E-state index in [9.17, 15) is 0 Å². The third-order valence-corrected chi connectivity index (χ3v) is 4.72. The molecule has 0 aromatic heterocycles. The van der Waals surface area contributed by atoms with Gasteiger partial charge in [0.15, 0.2) is 0 Å². The van der Waals surface area contributed by atoms with Crippen LogP contribution in [-0.2, 0) is 6.54 Å². The van der Waals surface area contributed by atoms with Gasteiger partial charge in [-0.2, -0.15) is 5.10 Å². The molecule has 1 aliphatic heterocycles. The first-order valence-corrected chi connectivity index (χ1v) is 8.79. The van der Waals surface area contributed by atoms with Crippen LogP contribution in [0.4, 0.5) is 5.69 Å². The number of hydrazone groups is 1. The van der Waals surface area contributed by atoms with Crippen LogP contribution in [0.2, 0.25) is 0 Å². The smallest absolute Gasteiger partial charge is 0.0562 e. The number of thioether (sulfide) groups is 1. The average Bonchev–Trinajstić information content (AvgIpc) is 3.11. The fourth-order valence-corrected chi connectivity index (χ4v) is 3.24. The lowest BCUT2D eigenvalue weighted by molar-refractivity contribution is 0.669. The Morgan fingerprint density at radius 3 is 2.65 bits per heavy atom. The molecule has 0 saturated carbocycles. The van der Waals surface area contributed by atoms with Crippen molar-refractivity contribution in [2.45, 2.75) is 18.2 Å². The Balaban J connectivity index is 1.42. The molecule has 1 unspecified atom stereocenters. The van der Waals surface area contributed by atoms with Crippen molar-refractivity contribution in [1.29, 1.82) is 0 Å². The molecular weight excluding hydrogens is 302 g/mol. The molecule has 0 saturated heterocycles. The van der Waals surface area contributed by atoms with Gasteiger partial charge in [-0.05, 0) is 35.1 Å². The van der Waals surface area contributed by atoms with E-state index in [1.807, 2.05) is 48.3 Å². The van der Waals surface area contributed by atoms with Gasteiger partial charge in [0.1, 0.15) is 0 Å². The first-order valence-electron chi connectivity index (χ1n) is 7.84. The van der Waals surface area contributed by atoms with E-state index in [2.05, 4.69) is 51.6 Å². The molecule has 0 radical (unpaired) electrons. The van der Waals surface area contributed by atoms with Crippen molar-refractivity contribution >= 4 is 23.7 Å². The maximum Gasteiger partial charge on any atom is 0.0562 e. The second-order valence-electron chi connectivity index (χ2n) is 5.47. The normalized spacial score (nSPS) is 17.0. The van der Waals surface area contributed by atoms with Crippen LogP contribution in [0.5, 0.6) is 0 Å². The topological polar surface area (TPSA) is 36.4 Å². The molecule has 0 spiro atoms. The van der Waals surface area contributed by atoms with Crippen molar-refractivity contribution in [2.24, 2.45) is 5.10 Å². The molecule has 0 amide bonds. The standard InChI is InChI=1S/C19H21N3S/c1-2-5-16(6-3-1)14-21-22-18-10-8-17(9-11-18)13-20-15-19-7-4-12-23-19/h1-6,8-12,14,19-20,22H,7,13,15H2/b21-14+. The summed E-state index contributed by atoms with van der Waals surface area (Å²) in [6.45, 7) is 1.96. The van der Waals surface area contributed by atoms with Gasteiger partial charge in [-0.3, -0.25) is 5.43 Å². The van der Waals surface area contributed by atoms with Gasteiger partial charge < -0.3 is 5.32 Å². The zero-order chi connectivity index (χ0) is 15.7. The van der Waals surface area contributed by atoms with Crippen molar-refractivity contribution in [1.82, 2.24) is 5.32 Å². The summed E-state index contributed by atoms with van der Waals surface area (Å²) < 4.78 is 0. The Labute approximate surface area is 141 Å². The molecule has 2 aromatic carbocycles. The van der Waals surface area contributed by atoms with Gasteiger partial charge in [-0.25, -0.2) is 0 Å². The Morgan fingerprint density at radius 2 is 1.91 bits per heavy atom. The lowest BCUT2D eigenvalue weighted by Crippen LogP contribution is -2.22. The lowest BCUT2D eigenvalue weighted by atomic mass is 10.2. The molecule has 23 heavy (non-hydrogen) atoms. The van der Waals surface area contributed by atoms with Gasteiger partial charge in [-0.1, -0.05) is 48.5 Å². The van der Waals surface area contributed by atoms with E-state index in [1.165, 1.54) is 12.0 Å². The second kappa shape index (κ2) is 8.56. The summed E-state index contributed by atoms with van der Waals surface area (Å²) in [6.07, 6.45) is 5.25. The zero-order valence-electron chi connectivity index (χ0n) is 13.0. The molecule has 1 atom stereocenters. The Kier molecular flexibility index (Phi) is 5.89. The largest absolute Gasteiger partial charge is 0.312 e. The molecule has 3 nitrogen and oxygen atoms in total. The maximum atomic E-state index is 4.26. The molecule has 1 heterocycles. The van der Waals surface area contributed by atoms with E-state index in [0.29, 0.717) is 5.25 Å². The quantitative estimate of drug-likeness (QED) is 0.591. The highest BCUT2D eigenvalue weighted by Crippen LogP contribution is 2.23. The number of rotatable bonds is 7. The zero-order valence-corrected chi connectivity index (χ0v) is 13.8. The van der Waals surface area contributed by atoms with Crippen molar-refractivity contribution < 1.29 is 0 Å². The van der Waals surface area contributed by atoms with E-state index >= 15 is 0 Å². The van der Waals surface area contributed by atoms with Crippen molar-refractivity contribution in [3.63, 3.8) is 0 Å². The van der Waals surface area contributed by atoms with E-state index < -0.39 is 0 Å². The third-order valence-electron chi connectivity index (χ3n) is 3.63. The molecular formula is C19H21N3S. The predicted octanol–water partition coefficient (Wildman–Crippen LogP) is 4.24. The van der Waals surface area contributed by atoms with Crippen molar-refractivity contribution in [3.8, 4) is 0 Å². The van der Waals surface area contributed by atoms with E-state index in [-0.39, 0.29) is 0 Å². The van der Waals surface area contributed by atoms with Crippen LogP contribution in [-0.4, -0.2) is 18.0 Å². The molecule has 4 heteroatoms. The molecule has 0 fully saturated rings. The van der Waals surface area contributed by atoms with Crippen LogP contribution in [0.3, 0.4) is 0 Å². The number of hydrogen-bond acceptors (Lipinski definition) is 4. The van der Waals surface area contributed by atoms with Crippen molar-refractivity contribution in [3.05, 3.63) is 77.2 Å². The van der Waals surface area contributed by atoms with E-state index in [1.54, 1.807) is 0 Å². The van der Waals surface area contributed by atoms with Crippen LogP contribution < -0.4 is 10.7 Å². The minimum Gasteiger partial charge on any atom is -0.312 e. The summed E-state index contributed by atoms with van der Waals surface area (Å²) in [4.78, 5) is 0. The number of nitrogens with zero attached hydrogens (tertiary/aromatic N) is 1. The summed E-state index contributed by atoms with van der Waals surface area (Å²) in [5.41, 5.74) is 6.43. The molecule has 2 N–H and O–H groups in total. The van der Waals surface area contributed by atoms with Gasteiger partial charge >= 0.3 is 0 Å². The van der Waals surface area contributed by atoms with Gasteiger partial charge in [0.2, 0.25) is 0 Å². The lowest BCUT2D eigenvalue weighted by Gasteiger charge is -2.10. The number of benzene rings is 2. The summed E-state index contributed by atoms with van der Waals surface area (Å²) in [5, 5.41) is 10.7. The molecule has 3 rings (SSSR count). The highest BCUT2D eigenvalue weighted by Gasteiger charge is 2.09. The Hall–Kier alpha value is -2.04. The van der Waals surface area contributed by atoms with Crippen LogP contribution in [0.25, 0.3) is 0 Å². The minimum absolute atomic E-state index is 0.697. The summed E-state index contributed by atoms with van der Waals surface area (Å²) in [5.74, 6) is 0. The molecule has 118 valence electrons. The first-order chi connectivity index (χ1) is 11.4. The SMILES string of the molecule is C1=CSC(CNCc2ccc(N/N=C/c3ccccc3)cc2)C1. The predicted molar refractivity (Wildman–Crippen MR) is 101 cm³/mol. The fourth-order valence-electron chi connectivity index (χ4n) is 2.36. The summed E-state index contributed by atoms with van der Waals surface area (Å²) in [6, 6.07) is 18.4. The van der Waals surface area contributed by atoms with Crippen LogP contribution in [0, 0.1) is 0 Å².